The number of hydrogen-bond donors (Lipinski definition) is 2. The highest BCUT2D eigenvalue weighted by Gasteiger charge is 2.26. The second-order valence-electron chi connectivity index (χ2n) is 7.49. The Kier molecular flexibility index (Phi) is 7.59. The standard InChI is InChI=1S/C21H31N3O2S/c1-2-27-15-16-7-9-18(10-8-16)21(26)24-12-4-5-17(14-24)13-23-20(25)19-6-3-11-22-19/h7-10,17,19,22H,2-6,11-15H2,1H3,(H,23,25). The van der Waals surface area contributed by atoms with Crippen LogP contribution < -0.4 is 10.6 Å². The lowest BCUT2D eigenvalue weighted by atomic mass is 9.97. The Hall–Kier alpha value is -1.53. The topological polar surface area (TPSA) is 61.4 Å². The van der Waals surface area contributed by atoms with Crippen LogP contribution in [0, 0.1) is 5.92 Å². The van der Waals surface area contributed by atoms with Crippen LogP contribution in [0.15, 0.2) is 24.3 Å². The monoisotopic (exact) mass is 389 g/mol. The van der Waals surface area contributed by atoms with Crippen molar-refractivity contribution in [2.45, 2.75) is 44.4 Å². The van der Waals surface area contributed by atoms with Crippen molar-refractivity contribution in [3.8, 4) is 0 Å². The van der Waals surface area contributed by atoms with Gasteiger partial charge in [0.05, 0.1) is 6.04 Å². The van der Waals surface area contributed by atoms with Gasteiger partial charge in [0.2, 0.25) is 5.91 Å². The molecule has 2 heterocycles. The molecule has 0 radical (unpaired) electrons. The molecule has 0 aliphatic carbocycles. The summed E-state index contributed by atoms with van der Waals surface area (Å²) in [5, 5.41) is 6.31. The zero-order chi connectivity index (χ0) is 19.1. The van der Waals surface area contributed by atoms with E-state index < -0.39 is 0 Å². The summed E-state index contributed by atoms with van der Waals surface area (Å²) in [5.74, 6) is 2.65. The second kappa shape index (κ2) is 10.1. The van der Waals surface area contributed by atoms with Gasteiger partial charge < -0.3 is 15.5 Å². The molecule has 0 aromatic heterocycles. The number of benzene rings is 1. The molecule has 2 fully saturated rings. The summed E-state index contributed by atoms with van der Waals surface area (Å²) in [7, 11) is 0. The maximum Gasteiger partial charge on any atom is 0.253 e. The number of likely N-dealkylation sites (tertiary alicyclic amines) is 1. The average Bonchev–Trinajstić information content (AvgIpc) is 3.25. The highest BCUT2D eigenvalue weighted by atomic mass is 32.2. The molecule has 1 aromatic carbocycles. The molecule has 6 heteroatoms. The van der Waals surface area contributed by atoms with Gasteiger partial charge in [-0.2, -0.15) is 11.8 Å². The van der Waals surface area contributed by atoms with E-state index in [0.29, 0.717) is 12.5 Å². The maximum absolute atomic E-state index is 12.8. The Labute approximate surface area is 166 Å². The summed E-state index contributed by atoms with van der Waals surface area (Å²) in [6.07, 6.45) is 4.06. The molecule has 0 bridgehead atoms. The molecule has 0 spiro atoms. The molecule has 2 amide bonds. The first kappa shape index (κ1) is 20.2. The van der Waals surface area contributed by atoms with Crippen LogP contribution in [0.3, 0.4) is 0 Å². The van der Waals surface area contributed by atoms with Crippen molar-refractivity contribution < 1.29 is 9.59 Å². The largest absolute Gasteiger partial charge is 0.354 e. The van der Waals surface area contributed by atoms with Crippen molar-refractivity contribution in [3.05, 3.63) is 35.4 Å². The van der Waals surface area contributed by atoms with Gasteiger partial charge in [0.25, 0.3) is 5.91 Å². The fourth-order valence-corrected chi connectivity index (χ4v) is 4.47. The first-order valence-electron chi connectivity index (χ1n) is 10.1. The second-order valence-corrected chi connectivity index (χ2v) is 8.76. The van der Waals surface area contributed by atoms with E-state index in [2.05, 4.69) is 29.7 Å². The van der Waals surface area contributed by atoms with Crippen LogP contribution in [0.2, 0.25) is 0 Å². The molecule has 27 heavy (non-hydrogen) atoms. The zero-order valence-electron chi connectivity index (χ0n) is 16.2. The van der Waals surface area contributed by atoms with Gasteiger partial charge in [0.1, 0.15) is 0 Å². The van der Waals surface area contributed by atoms with Crippen LogP contribution >= 0.6 is 11.8 Å². The Morgan fingerprint density at radius 1 is 1.22 bits per heavy atom. The molecular weight excluding hydrogens is 358 g/mol. The van der Waals surface area contributed by atoms with Gasteiger partial charge in [-0.25, -0.2) is 0 Å². The first-order chi connectivity index (χ1) is 13.2. The third-order valence-electron chi connectivity index (χ3n) is 5.42. The van der Waals surface area contributed by atoms with Crippen molar-refractivity contribution in [3.63, 3.8) is 0 Å². The number of nitrogens with one attached hydrogen (secondary N) is 2. The summed E-state index contributed by atoms with van der Waals surface area (Å²) in [5.41, 5.74) is 2.03. The number of thioether (sulfide) groups is 1. The smallest absolute Gasteiger partial charge is 0.253 e. The number of rotatable bonds is 7. The minimum absolute atomic E-state index is 0.0317. The van der Waals surface area contributed by atoms with Gasteiger partial charge in [-0.05, 0) is 61.6 Å². The summed E-state index contributed by atoms with van der Waals surface area (Å²) < 4.78 is 0. The molecule has 148 valence electrons. The molecule has 5 nitrogen and oxygen atoms in total. The predicted molar refractivity (Wildman–Crippen MR) is 111 cm³/mol. The number of amides is 2. The van der Waals surface area contributed by atoms with Crippen molar-refractivity contribution in [1.29, 1.82) is 0 Å². The van der Waals surface area contributed by atoms with Gasteiger partial charge in [0, 0.05) is 31.0 Å². The Morgan fingerprint density at radius 3 is 2.74 bits per heavy atom. The van der Waals surface area contributed by atoms with Gasteiger partial charge >= 0.3 is 0 Å². The molecule has 1 aromatic rings. The van der Waals surface area contributed by atoms with Gasteiger partial charge in [0.15, 0.2) is 0 Å². The van der Waals surface area contributed by atoms with E-state index in [1.54, 1.807) is 0 Å². The van der Waals surface area contributed by atoms with Gasteiger partial charge in [-0.3, -0.25) is 9.59 Å². The van der Waals surface area contributed by atoms with Crippen LogP contribution in [0.4, 0.5) is 0 Å². The van der Waals surface area contributed by atoms with E-state index in [-0.39, 0.29) is 17.9 Å². The van der Waals surface area contributed by atoms with E-state index in [1.165, 1.54) is 5.56 Å². The lowest BCUT2D eigenvalue weighted by Crippen LogP contribution is -2.46. The predicted octanol–water partition coefficient (Wildman–Crippen LogP) is 2.66. The Morgan fingerprint density at radius 2 is 2.04 bits per heavy atom. The molecule has 2 aliphatic heterocycles. The highest BCUT2D eigenvalue weighted by Crippen LogP contribution is 2.19. The fourth-order valence-electron chi connectivity index (χ4n) is 3.84. The van der Waals surface area contributed by atoms with Crippen LogP contribution in [0.25, 0.3) is 0 Å². The minimum atomic E-state index is -0.0317. The minimum Gasteiger partial charge on any atom is -0.354 e. The van der Waals surface area contributed by atoms with E-state index in [0.717, 1.165) is 62.4 Å². The van der Waals surface area contributed by atoms with E-state index in [4.69, 9.17) is 0 Å². The average molecular weight is 390 g/mol. The van der Waals surface area contributed by atoms with E-state index in [1.807, 2.05) is 28.8 Å². The zero-order valence-corrected chi connectivity index (χ0v) is 17.0. The number of piperidine rings is 1. The fraction of sp³-hybridized carbons (Fsp3) is 0.619. The molecule has 2 N–H and O–H groups in total. The van der Waals surface area contributed by atoms with Crippen LogP contribution in [-0.4, -0.2) is 54.7 Å². The van der Waals surface area contributed by atoms with Crippen LogP contribution in [-0.2, 0) is 10.5 Å². The number of nitrogens with zero attached hydrogens (tertiary/aromatic N) is 1. The third kappa shape index (κ3) is 5.72. The van der Waals surface area contributed by atoms with E-state index in [9.17, 15) is 9.59 Å². The van der Waals surface area contributed by atoms with Gasteiger partial charge in [-0.15, -0.1) is 0 Å². The molecule has 2 atom stereocenters. The van der Waals surface area contributed by atoms with Crippen molar-refractivity contribution in [1.82, 2.24) is 15.5 Å². The van der Waals surface area contributed by atoms with Crippen LogP contribution in [0.1, 0.15) is 48.5 Å². The van der Waals surface area contributed by atoms with E-state index >= 15 is 0 Å². The number of hydrogen-bond acceptors (Lipinski definition) is 4. The Balaban J connectivity index is 1.49. The molecule has 2 saturated heterocycles. The molecular formula is C21H31N3O2S. The summed E-state index contributed by atoms with van der Waals surface area (Å²) in [4.78, 5) is 27.0. The number of carbonyl (C=O) groups excluding carboxylic acids is 2. The summed E-state index contributed by atoms with van der Waals surface area (Å²) >= 11 is 1.89. The van der Waals surface area contributed by atoms with Gasteiger partial charge in [-0.1, -0.05) is 19.1 Å². The maximum atomic E-state index is 12.8. The quantitative estimate of drug-likeness (QED) is 0.753. The van der Waals surface area contributed by atoms with Crippen molar-refractivity contribution in [2.24, 2.45) is 5.92 Å². The lowest BCUT2D eigenvalue weighted by Gasteiger charge is -2.33. The molecule has 2 aliphatic rings. The van der Waals surface area contributed by atoms with Crippen LogP contribution in [0.5, 0.6) is 0 Å². The third-order valence-corrected chi connectivity index (χ3v) is 6.37. The Bertz CT molecular complexity index is 629. The molecule has 3 rings (SSSR count). The first-order valence-corrected chi connectivity index (χ1v) is 11.3. The summed E-state index contributed by atoms with van der Waals surface area (Å²) in [6.45, 7) is 5.28. The summed E-state index contributed by atoms with van der Waals surface area (Å²) in [6, 6.07) is 7.99. The van der Waals surface area contributed by atoms with Crippen molar-refractivity contribution in [2.75, 3.05) is 31.9 Å². The lowest BCUT2D eigenvalue weighted by molar-refractivity contribution is -0.123. The highest BCUT2D eigenvalue weighted by molar-refractivity contribution is 7.98. The van der Waals surface area contributed by atoms with Crippen molar-refractivity contribution >= 4 is 23.6 Å². The SMILES string of the molecule is CCSCc1ccc(C(=O)N2CCCC(CNC(=O)C3CCCN3)C2)cc1. The normalized spacial score (nSPS) is 22.6. The number of carbonyl (C=O) groups is 2. The molecule has 2 unspecified atom stereocenters. The molecule has 0 saturated carbocycles.